The van der Waals surface area contributed by atoms with Crippen LogP contribution in [0.25, 0.3) is 0 Å². The normalized spacial score (nSPS) is 38.0. The Balaban J connectivity index is 1.66. The fourth-order valence-corrected chi connectivity index (χ4v) is 3.65. The molecule has 0 saturated heterocycles. The van der Waals surface area contributed by atoms with Gasteiger partial charge in [0.25, 0.3) is 0 Å². The average molecular weight is 253 g/mol. The van der Waals surface area contributed by atoms with Crippen molar-refractivity contribution in [3.05, 3.63) is 0 Å². The first-order valence-electron chi connectivity index (χ1n) is 8.01. The number of nitrogens with one attached hydrogen (secondary N) is 1. The van der Waals surface area contributed by atoms with Gasteiger partial charge in [0, 0.05) is 6.04 Å². The van der Waals surface area contributed by atoms with Crippen LogP contribution in [0.4, 0.5) is 0 Å². The van der Waals surface area contributed by atoms with Crippen molar-refractivity contribution in [2.45, 2.75) is 83.5 Å². The van der Waals surface area contributed by atoms with Crippen LogP contribution < -0.4 is 5.32 Å². The highest BCUT2D eigenvalue weighted by atomic mass is 16.5. The molecule has 0 aromatic carbocycles. The lowest BCUT2D eigenvalue weighted by molar-refractivity contribution is -0.0559. The van der Waals surface area contributed by atoms with Gasteiger partial charge in [-0.2, -0.15) is 0 Å². The molecule has 2 heteroatoms. The second-order valence-electron chi connectivity index (χ2n) is 6.68. The van der Waals surface area contributed by atoms with E-state index in [2.05, 4.69) is 26.2 Å². The maximum atomic E-state index is 6.33. The summed E-state index contributed by atoms with van der Waals surface area (Å²) in [7, 11) is 2.08. The lowest BCUT2D eigenvalue weighted by atomic mass is 9.80. The molecule has 1 N–H and O–H groups in total. The molecule has 0 aromatic rings. The van der Waals surface area contributed by atoms with Crippen LogP contribution in [0.3, 0.4) is 0 Å². The average Bonchev–Trinajstić information content (AvgIpc) is 2.40. The largest absolute Gasteiger partial charge is 0.375 e. The third-order valence-corrected chi connectivity index (χ3v) is 5.13. The van der Waals surface area contributed by atoms with Crippen molar-refractivity contribution in [2.24, 2.45) is 11.8 Å². The third-order valence-electron chi connectivity index (χ3n) is 5.13. The summed E-state index contributed by atoms with van der Waals surface area (Å²) in [6.07, 6.45) is 11.6. The molecule has 2 saturated carbocycles. The lowest BCUT2D eigenvalue weighted by Crippen LogP contribution is -2.35. The van der Waals surface area contributed by atoms with Gasteiger partial charge in [0.1, 0.15) is 0 Å². The van der Waals surface area contributed by atoms with Crippen molar-refractivity contribution in [1.29, 1.82) is 0 Å². The molecular weight excluding hydrogens is 222 g/mol. The number of hydrogen-bond donors (Lipinski definition) is 1. The minimum absolute atomic E-state index is 0.551. The molecular formula is C16H31NO. The second kappa shape index (κ2) is 6.91. The van der Waals surface area contributed by atoms with Gasteiger partial charge in [-0.05, 0) is 70.3 Å². The molecule has 0 atom stereocenters. The van der Waals surface area contributed by atoms with E-state index in [4.69, 9.17) is 4.74 Å². The molecule has 0 bridgehead atoms. The summed E-state index contributed by atoms with van der Waals surface area (Å²) in [5.74, 6) is 1.81. The van der Waals surface area contributed by atoms with Crippen molar-refractivity contribution in [3.8, 4) is 0 Å². The van der Waals surface area contributed by atoms with Crippen LogP contribution in [-0.2, 0) is 4.74 Å². The summed E-state index contributed by atoms with van der Waals surface area (Å²) in [6.45, 7) is 4.73. The highest BCUT2D eigenvalue weighted by molar-refractivity contribution is 4.80. The predicted octanol–water partition coefficient (Wildman–Crippen LogP) is 3.75. The molecule has 0 amide bonds. The van der Waals surface area contributed by atoms with E-state index in [0.29, 0.717) is 12.2 Å². The number of ether oxygens (including phenoxy) is 1. The Morgan fingerprint density at radius 1 is 0.833 bits per heavy atom. The first-order chi connectivity index (χ1) is 8.69. The Kier molecular flexibility index (Phi) is 5.50. The van der Waals surface area contributed by atoms with Gasteiger partial charge in [-0.1, -0.05) is 13.8 Å². The molecule has 0 unspecified atom stereocenters. The number of hydrogen-bond acceptors (Lipinski definition) is 2. The van der Waals surface area contributed by atoms with Crippen LogP contribution >= 0.6 is 0 Å². The van der Waals surface area contributed by atoms with Gasteiger partial charge in [0.05, 0.1) is 12.2 Å². The van der Waals surface area contributed by atoms with Gasteiger partial charge in [0.15, 0.2) is 0 Å². The lowest BCUT2D eigenvalue weighted by Gasteiger charge is -2.35. The van der Waals surface area contributed by atoms with E-state index < -0.39 is 0 Å². The molecule has 18 heavy (non-hydrogen) atoms. The van der Waals surface area contributed by atoms with Gasteiger partial charge in [-0.15, -0.1) is 0 Å². The van der Waals surface area contributed by atoms with Gasteiger partial charge in [0.2, 0.25) is 0 Å². The first-order valence-corrected chi connectivity index (χ1v) is 8.01. The van der Waals surface area contributed by atoms with Crippen LogP contribution in [0.1, 0.15) is 65.2 Å². The van der Waals surface area contributed by atoms with Crippen molar-refractivity contribution in [1.82, 2.24) is 5.32 Å². The van der Waals surface area contributed by atoms with Crippen molar-refractivity contribution >= 4 is 0 Å². The molecule has 2 nitrogen and oxygen atoms in total. The summed E-state index contributed by atoms with van der Waals surface area (Å²) >= 11 is 0. The Bertz CT molecular complexity index is 225. The highest BCUT2D eigenvalue weighted by Crippen LogP contribution is 2.33. The summed E-state index contributed by atoms with van der Waals surface area (Å²) in [5, 5.41) is 3.39. The Morgan fingerprint density at radius 2 is 1.33 bits per heavy atom. The van der Waals surface area contributed by atoms with Gasteiger partial charge in [-0.25, -0.2) is 0 Å². The van der Waals surface area contributed by atoms with E-state index in [1.54, 1.807) is 0 Å². The zero-order valence-corrected chi connectivity index (χ0v) is 12.5. The van der Waals surface area contributed by atoms with E-state index in [0.717, 1.165) is 17.9 Å². The molecule has 2 rings (SSSR count). The molecule has 0 aliphatic heterocycles. The molecule has 106 valence electrons. The Morgan fingerprint density at radius 3 is 1.78 bits per heavy atom. The van der Waals surface area contributed by atoms with E-state index in [1.165, 1.54) is 51.4 Å². The molecule has 0 heterocycles. The summed E-state index contributed by atoms with van der Waals surface area (Å²) in [4.78, 5) is 0. The van der Waals surface area contributed by atoms with E-state index in [-0.39, 0.29) is 0 Å². The third kappa shape index (κ3) is 3.96. The summed E-state index contributed by atoms with van der Waals surface area (Å²) in [5.41, 5.74) is 0. The SMILES string of the molecule is CNC1CCC(OC2CCC(C(C)C)CC2)CC1. The fourth-order valence-electron chi connectivity index (χ4n) is 3.65. The topological polar surface area (TPSA) is 21.3 Å². The molecule has 2 fully saturated rings. The minimum Gasteiger partial charge on any atom is -0.375 e. The second-order valence-corrected chi connectivity index (χ2v) is 6.68. The van der Waals surface area contributed by atoms with Crippen LogP contribution in [0.15, 0.2) is 0 Å². The van der Waals surface area contributed by atoms with Gasteiger partial charge < -0.3 is 10.1 Å². The molecule has 2 aliphatic rings. The Hall–Kier alpha value is -0.0800. The van der Waals surface area contributed by atoms with Crippen molar-refractivity contribution in [3.63, 3.8) is 0 Å². The maximum Gasteiger partial charge on any atom is 0.0580 e. The smallest absolute Gasteiger partial charge is 0.0580 e. The fraction of sp³-hybridized carbons (Fsp3) is 1.00. The summed E-state index contributed by atoms with van der Waals surface area (Å²) in [6, 6.07) is 0.738. The maximum absolute atomic E-state index is 6.33. The van der Waals surface area contributed by atoms with Crippen LogP contribution in [0.2, 0.25) is 0 Å². The van der Waals surface area contributed by atoms with Crippen molar-refractivity contribution < 1.29 is 4.74 Å². The minimum atomic E-state index is 0.551. The zero-order valence-electron chi connectivity index (χ0n) is 12.5. The molecule has 0 aromatic heterocycles. The van der Waals surface area contributed by atoms with Gasteiger partial charge >= 0.3 is 0 Å². The standard InChI is InChI=1S/C16H31NO/c1-12(2)13-4-8-15(9-5-13)18-16-10-6-14(17-3)7-11-16/h12-17H,4-11H2,1-3H3. The zero-order chi connectivity index (χ0) is 13.0. The quantitative estimate of drug-likeness (QED) is 0.824. The van der Waals surface area contributed by atoms with Crippen LogP contribution in [0.5, 0.6) is 0 Å². The van der Waals surface area contributed by atoms with E-state index in [9.17, 15) is 0 Å². The highest BCUT2D eigenvalue weighted by Gasteiger charge is 2.27. The molecule has 0 radical (unpaired) electrons. The van der Waals surface area contributed by atoms with Crippen molar-refractivity contribution in [2.75, 3.05) is 7.05 Å². The first kappa shape index (κ1) is 14.3. The van der Waals surface area contributed by atoms with Crippen LogP contribution in [-0.4, -0.2) is 25.3 Å². The monoisotopic (exact) mass is 253 g/mol. The molecule has 0 spiro atoms. The van der Waals surface area contributed by atoms with Gasteiger partial charge in [-0.3, -0.25) is 0 Å². The van der Waals surface area contributed by atoms with Crippen LogP contribution in [0, 0.1) is 11.8 Å². The predicted molar refractivity (Wildman–Crippen MR) is 76.8 cm³/mol. The van der Waals surface area contributed by atoms with E-state index in [1.807, 2.05) is 0 Å². The number of rotatable bonds is 4. The summed E-state index contributed by atoms with van der Waals surface area (Å²) < 4.78 is 6.33. The van der Waals surface area contributed by atoms with E-state index >= 15 is 0 Å². The Labute approximate surface area is 113 Å². The molecule has 2 aliphatic carbocycles.